The molecule has 0 aliphatic rings. The fraction of sp³-hybridized carbons (Fsp3) is 0.111. The van der Waals surface area contributed by atoms with Crippen molar-refractivity contribution in [2.45, 2.75) is 0 Å². The first-order valence-corrected chi connectivity index (χ1v) is 8.73. The predicted octanol–water partition coefficient (Wildman–Crippen LogP) is 3.44. The Kier molecular flexibility index (Phi) is 12.7. The molecule has 0 atom stereocenters. The van der Waals surface area contributed by atoms with E-state index in [1.165, 1.54) is 32.4 Å². The van der Waals surface area contributed by atoms with E-state index in [1.807, 2.05) is 0 Å². The maximum absolute atomic E-state index is 11.3. The van der Waals surface area contributed by atoms with Crippen molar-refractivity contribution in [3.8, 4) is 0 Å². The quantitative estimate of drug-likeness (QED) is 0.205. The molecule has 168 valence electrons. The van der Waals surface area contributed by atoms with Crippen LogP contribution in [0.25, 0.3) is 0 Å². The number of methoxy groups -OCH3 is 2. The first-order valence-electron chi connectivity index (χ1n) is 7.97. The Morgan fingerprint density at radius 1 is 0.968 bits per heavy atom. The Labute approximate surface area is 193 Å². The highest BCUT2D eigenvalue weighted by Gasteiger charge is 2.11. The summed E-state index contributed by atoms with van der Waals surface area (Å²) in [5, 5.41) is 12.3. The maximum atomic E-state index is 11.3. The van der Waals surface area contributed by atoms with Gasteiger partial charge in [0.1, 0.15) is 6.21 Å². The summed E-state index contributed by atoms with van der Waals surface area (Å²) < 4.78 is 9.06. The van der Waals surface area contributed by atoms with Crippen molar-refractivity contribution in [1.82, 2.24) is 0 Å². The van der Waals surface area contributed by atoms with Crippen molar-refractivity contribution in [1.29, 1.82) is 0 Å². The van der Waals surface area contributed by atoms with Crippen LogP contribution in [0.15, 0.2) is 41.5 Å². The summed E-state index contributed by atoms with van der Waals surface area (Å²) in [4.78, 5) is 32.6. The van der Waals surface area contributed by atoms with Gasteiger partial charge >= 0.3 is 17.9 Å². The molecule has 2 rings (SSSR count). The second kappa shape index (κ2) is 14.0. The lowest BCUT2D eigenvalue weighted by molar-refractivity contribution is -0.128. The van der Waals surface area contributed by atoms with Gasteiger partial charge < -0.3 is 20.0 Å². The van der Waals surface area contributed by atoms with Crippen LogP contribution in [0.3, 0.4) is 0 Å². The number of hydrogen-bond donors (Lipinski definition) is 4. The summed E-state index contributed by atoms with van der Waals surface area (Å²) >= 11 is 11.6. The van der Waals surface area contributed by atoms with Gasteiger partial charge in [0.15, 0.2) is 0 Å². The zero-order valence-electron chi connectivity index (χ0n) is 16.2. The molecule has 0 amide bonds. The number of nitrogens with two attached hydrogens (primary N) is 1. The molecular formula is C18H19Cl3N4O6. The summed E-state index contributed by atoms with van der Waals surface area (Å²) in [6.07, 6.45) is 0.687. The molecule has 0 saturated carbocycles. The molecule has 0 aliphatic heterocycles. The number of ether oxygens (including phenoxy) is 2. The Balaban J connectivity index is 0.000000581. The smallest absolute Gasteiger partial charge is 0.348 e. The molecule has 5 N–H and O–H groups in total. The van der Waals surface area contributed by atoms with Crippen molar-refractivity contribution in [3.05, 3.63) is 57.6 Å². The van der Waals surface area contributed by atoms with E-state index in [0.717, 1.165) is 0 Å². The Bertz CT molecular complexity index is 956. The highest BCUT2D eigenvalue weighted by molar-refractivity contribution is 6.34. The highest BCUT2D eigenvalue weighted by Crippen LogP contribution is 2.21. The first kappa shape index (κ1) is 27.9. The zero-order valence-corrected chi connectivity index (χ0v) is 18.5. The maximum Gasteiger partial charge on any atom is 0.348 e. The van der Waals surface area contributed by atoms with Crippen LogP contribution in [0.4, 0.5) is 11.4 Å². The van der Waals surface area contributed by atoms with Crippen molar-refractivity contribution in [3.63, 3.8) is 0 Å². The van der Waals surface area contributed by atoms with Gasteiger partial charge in [0.2, 0.25) is 0 Å². The molecule has 0 unspecified atom stereocenters. The number of esters is 2. The molecule has 0 bridgehead atoms. The third-order valence-electron chi connectivity index (χ3n) is 3.28. The molecule has 0 fully saturated rings. The number of nitrogen functional groups attached to an aromatic ring is 1. The fourth-order valence-corrected chi connectivity index (χ4v) is 2.29. The van der Waals surface area contributed by atoms with Crippen LogP contribution < -0.4 is 16.7 Å². The second-order valence-electron chi connectivity index (χ2n) is 5.22. The second-order valence-corrected chi connectivity index (χ2v) is 6.04. The summed E-state index contributed by atoms with van der Waals surface area (Å²) in [6.45, 7) is 0. The molecule has 2 aromatic carbocycles. The van der Waals surface area contributed by atoms with Crippen LogP contribution in [0.2, 0.25) is 10.0 Å². The highest BCUT2D eigenvalue weighted by atomic mass is 35.5. The van der Waals surface area contributed by atoms with E-state index in [1.54, 1.807) is 18.2 Å². The van der Waals surface area contributed by atoms with Crippen molar-refractivity contribution < 1.29 is 29.0 Å². The number of carbonyl (C=O) groups is 3. The number of hydrazone groups is 1. The monoisotopic (exact) mass is 492 g/mol. The van der Waals surface area contributed by atoms with Crippen LogP contribution in [0.1, 0.15) is 20.7 Å². The summed E-state index contributed by atoms with van der Waals surface area (Å²) in [5.41, 5.74) is 6.34. The van der Waals surface area contributed by atoms with E-state index >= 15 is 0 Å². The Morgan fingerprint density at radius 2 is 1.42 bits per heavy atom. The number of hydrazine groups is 1. The molecule has 31 heavy (non-hydrogen) atoms. The van der Waals surface area contributed by atoms with E-state index in [2.05, 4.69) is 25.4 Å². The van der Waals surface area contributed by atoms with Crippen molar-refractivity contribution in [2.75, 3.05) is 25.1 Å². The van der Waals surface area contributed by atoms with Crippen LogP contribution in [-0.4, -0.2) is 43.4 Å². The summed E-state index contributed by atoms with van der Waals surface area (Å²) in [7, 11) is 2.53. The molecule has 0 saturated heterocycles. The van der Waals surface area contributed by atoms with Crippen LogP contribution in [0.5, 0.6) is 0 Å². The van der Waals surface area contributed by atoms with E-state index in [-0.39, 0.29) is 23.0 Å². The number of nitrogens with zero attached hydrogens (tertiary/aromatic N) is 1. The van der Waals surface area contributed by atoms with Crippen molar-refractivity contribution >= 4 is 71.1 Å². The minimum atomic E-state index is -1.18. The van der Waals surface area contributed by atoms with Gasteiger partial charge in [0.05, 0.1) is 41.1 Å². The number of rotatable bonds is 6. The van der Waals surface area contributed by atoms with Crippen LogP contribution in [0, 0.1) is 0 Å². The van der Waals surface area contributed by atoms with Crippen LogP contribution in [-0.2, 0) is 14.3 Å². The van der Waals surface area contributed by atoms with E-state index in [4.69, 9.17) is 34.2 Å². The molecule has 0 aliphatic carbocycles. The SMILES string of the molecule is COC(=O)c1cc(N/N=C/C(=O)O)ccc1Cl.COC(=O)c1cc(NN)ccc1Cl.Cl. The lowest BCUT2D eigenvalue weighted by atomic mass is 10.2. The number of hydrogen-bond acceptors (Lipinski definition) is 9. The van der Waals surface area contributed by atoms with Gasteiger partial charge in [0, 0.05) is 5.69 Å². The minimum Gasteiger partial charge on any atom is -0.477 e. The summed E-state index contributed by atoms with van der Waals surface area (Å²) in [5.74, 6) is 2.92. The average molecular weight is 494 g/mol. The third-order valence-corrected chi connectivity index (χ3v) is 3.94. The average Bonchev–Trinajstić information content (AvgIpc) is 2.74. The first-order chi connectivity index (χ1) is 14.2. The van der Waals surface area contributed by atoms with Gasteiger partial charge in [-0.05, 0) is 36.4 Å². The van der Waals surface area contributed by atoms with Gasteiger partial charge in [-0.25, -0.2) is 14.4 Å². The number of halogens is 3. The molecule has 0 heterocycles. The number of benzene rings is 2. The van der Waals surface area contributed by atoms with E-state index in [0.29, 0.717) is 28.2 Å². The summed E-state index contributed by atoms with van der Waals surface area (Å²) in [6, 6.07) is 9.19. The molecule has 0 spiro atoms. The third kappa shape index (κ3) is 9.09. The normalized spacial score (nSPS) is 9.58. The van der Waals surface area contributed by atoms with Gasteiger partial charge in [0.25, 0.3) is 0 Å². The van der Waals surface area contributed by atoms with E-state index in [9.17, 15) is 14.4 Å². The number of carboxylic acids is 1. The molecular weight excluding hydrogens is 475 g/mol. The van der Waals surface area contributed by atoms with Gasteiger partial charge in [-0.15, -0.1) is 12.4 Å². The number of carboxylic acid groups (broad SMARTS) is 1. The van der Waals surface area contributed by atoms with Gasteiger partial charge in [-0.3, -0.25) is 11.3 Å². The van der Waals surface area contributed by atoms with Crippen molar-refractivity contribution in [2.24, 2.45) is 10.9 Å². The minimum absolute atomic E-state index is 0. The van der Waals surface area contributed by atoms with Gasteiger partial charge in [-0.1, -0.05) is 23.2 Å². The molecule has 2 aromatic rings. The molecule has 13 heteroatoms. The number of nitrogens with one attached hydrogen (secondary N) is 2. The Morgan fingerprint density at radius 3 is 1.84 bits per heavy atom. The zero-order chi connectivity index (χ0) is 22.7. The molecule has 0 radical (unpaired) electrons. The largest absolute Gasteiger partial charge is 0.477 e. The van der Waals surface area contributed by atoms with Crippen LogP contribution >= 0.6 is 35.6 Å². The lowest BCUT2D eigenvalue weighted by Gasteiger charge is -2.05. The number of aliphatic carboxylic acids is 1. The Hall–Kier alpha value is -3.05. The number of carbonyl (C=O) groups excluding carboxylic acids is 2. The van der Waals surface area contributed by atoms with Gasteiger partial charge in [-0.2, -0.15) is 5.10 Å². The predicted molar refractivity (Wildman–Crippen MR) is 120 cm³/mol. The number of anilines is 2. The molecule has 0 aromatic heterocycles. The topological polar surface area (TPSA) is 152 Å². The lowest BCUT2D eigenvalue weighted by Crippen LogP contribution is -2.09. The standard InChI is InChI=1S/C10H9ClN2O4.C8H9ClN2O2.ClH/c1-17-10(16)7-4-6(2-3-8(7)11)13-12-5-9(14)15;1-13-8(12)6-4-5(11-10)2-3-7(6)9;/h2-5,13H,1H3,(H,14,15);2-4,11H,10H2,1H3;1H/b12-5+;;. The molecule has 10 nitrogen and oxygen atoms in total. The van der Waals surface area contributed by atoms with E-state index < -0.39 is 17.9 Å². The fourth-order valence-electron chi connectivity index (χ4n) is 1.90.